The van der Waals surface area contributed by atoms with E-state index in [1.54, 1.807) is 0 Å². The summed E-state index contributed by atoms with van der Waals surface area (Å²) in [5.74, 6) is 0. The van der Waals surface area contributed by atoms with Gasteiger partial charge in [-0.05, 0) is 49.7 Å². The molecule has 0 aliphatic heterocycles. The van der Waals surface area contributed by atoms with Gasteiger partial charge in [0.1, 0.15) is 0 Å². The lowest BCUT2D eigenvalue weighted by Gasteiger charge is -2.11. The molecule has 0 unspecified atom stereocenters. The molecule has 2 aliphatic rings. The monoisotopic (exact) mass is 238 g/mol. The lowest BCUT2D eigenvalue weighted by atomic mass is 9.95. The summed E-state index contributed by atoms with van der Waals surface area (Å²) >= 11 is 0. The topological polar surface area (TPSA) is 0 Å². The Bertz CT molecular complexity index is 383. The van der Waals surface area contributed by atoms with Gasteiger partial charge in [0.25, 0.3) is 0 Å². The second kappa shape index (κ2) is 7.71. The highest BCUT2D eigenvalue weighted by atomic mass is 14.1. The van der Waals surface area contributed by atoms with E-state index in [-0.39, 0.29) is 0 Å². The van der Waals surface area contributed by atoms with E-state index in [4.69, 9.17) is 0 Å². The summed E-state index contributed by atoms with van der Waals surface area (Å²) in [5.41, 5.74) is 3.03. The van der Waals surface area contributed by atoms with Gasteiger partial charge in [-0.2, -0.15) is 0 Å². The lowest BCUT2D eigenvalue weighted by molar-refractivity contribution is 0.792. The average Bonchev–Trinajstić information content (AvgIpc) is 2.61. The molecule has 2 rings (SSSR count). The fourth-order valence-corrected chi connectivity index (χ4v) is 2.34. The largest absolute Gasteiger partial charge is 0.0845 e. The maximum absolute atomic E-state index is 2.29. The van der Waals surface area contributed by atoms with Gasteiger partial charge in [0.2, 0.25) is 0 Å². The second-order valence-corrected chi connectivity index (χ2v) is 4.79. The molecular weight excluding hydrogens is 216 g/mol. The number of hydrogen-bond acceptors (Lipinski definition) is 0. The molecule has 0 spiro atoms. The maximum atomic E-state index is 2.29. The van der Waals surface area contributed by atoms with Crippen LogP contribution in [-0.4, -0.2) is 0 Å². The van der Waals surface area contributed by atoms with Crippen LogP contribution in [0.2, 0.25) is 0 Å². The van der Waals surface area contributed by atoms with Crippen molar-refractivity contribution in [2.45, 2.75) is 38.5 Å². The Morgan fingerprint density at radius 1 is 0.556 bits per heavy atom. The van der Waals surface area contributed by atoms with Gasteiger partial charge in [-0.3, -0.25) is 0 Å². The van der Waals surface area contributed by atoms with Crippen LogP contribution >= 0.6 is 0 Å². The van der Waals surface area contributed by atoms with Gasteiger partial charge in [0.15, 0.2) is 0 Å². The fraction of sp³-hybridized carbons (Fsp3) is 0.333. The van der Waals surface area contributed by atoms with Crippen molar-refractivity contribution in [1.29, 1.82) is 0 Å². The highest BCUT2D eigenvalue weighted by Gasteiger charge is 2.04. The summed E-state index contributed by atoms with van der Waals surface area (Å²) in [6.07, 6.45) is 29.3. The Morgan fingerprint density at radius 3 is 1.56 bits per heavy atom. The van der Waals surface area contributed by atoms with E-state index in [1.165, 1.54) is 49.7 Å². The third-order valence-electron chi connectivity index (χ3n) is 3.36. The Morgan fingerprint density at radius 2 is 1.06 bits per heavy atom. The van der Waals surface area contributed by atoms with E-state index >= 15 is 0 Å². The lowest BCUT2D eigenvalue weighted by Crippen LogP contribution is -1.91. The average molecular weight is 238 g/mol. The van der Waals surface area contributed by atoms with Crippen LogP contribution in [0.3, 0.4) is 0 Å². The predicted molar refractivity (Wildman–Crippen MR) is 80.4 cm³/mol. The van der Waals surface area contributed by atoms with Crippen LogP contribution in [0.5, 0.6) is 0 Å². The molecule has 0 aromatic rings. The molecule has 0 amide bonds. The van der Waals surface area contributed by atoms with Crippen LogP contribution in [0.4, 0.5) is 0 Å². The van der Waals surface area contributed by atoms with Gasteiger partial charge in [-0.25, -0.2) is 0 Å². The van der Waals surface area contributed by atoms with Gasteiger partial charge < -0.3 is 0 Å². The van der Waals surface area contributed by atoms with Crippen molar-refractivity contribution in [2.75, 3.05) is 0 Å². The summed E-state index contributed by atoms with van der Waals surface area (Å²) < 4.78 is 0. The van der Waals surface area contributed by atoms with Gasteiger partial charge in [-0.15, -0.1) is 0 Å². The van der Waals surface area contributed by atoms with Crippen LogP contribution in [-0.2, 0) is 0 Å². The molecule has 18 heavy (non-hydrogen) atoms. The molecule has 0 bridgehead atoms. The predicted octanol–water partition coefficient (Wildman–Crippen LogP) is 5.43. The quantitative estimate of drug-likeness (QED) is 0.571. The van der Waals surface area contributed by atoms with Gasteiger partial charge in [-0.1, -0.05) is 60.8 Å². The summed E-state index contributed by atoms with van der Waals surface area (Å²) in [6, 6.07) is 0. The molecular formula is C18H22. The summed E-state index contributed by atoms with van der Waals surface area (Å²) in [4.78, 5) is 0. The van der Waals surface area contributed by atoms with Crippen molar-refractivity contribution in [3.8, 4) is 0 Å². The Labute approximate surface area is 111 Å². The Balaban J connectivity index is 2.16. The minimum Gasteiger partial charge on any atom is -0.0845 e. The molecule has 0 aromatic heterocycles. The summed E-state index contributed by atoms with van der Waals surface area (Å²) in [6.45, 7) is 0. The minimum atomic E-state index is 1.19. The van der Waals surface area contributed by atoms with E-state index in [0.29, 0.717) is 0 Å². The van der Waals surface area contributed by atoms with Crippen LogP contribution in [0, 0.1) is 0 Å². The number of rotatable bonds is 1. The van der Waals surface area contributed by atoms with E-state index in [0.717, 1.165) is 0 Å². The zero-order valence-electron chi connectivity index (χ0n) is 11.0. The van der Waals surface area contributed by atoms with Crippen LogP contribution in [0.15, 0.2) is 71.9 Å². The first-order chi connectivity index (χ1) is 8.97. The Hall–Kier alpha value is -1.56. The normalized spacial score (nSPS) is 33.8. The number of allylic oxidation sites excluding steroid dienone is 12. The molecule has 0 aromatic carbocycles. The molecule has 0 radical (unpaired) electrons. The second-order valence-electron chi connectivity index (χ2n) is 4.79. The van der Waals surface area contributed by atoms with Crippen molar-refractivity contribution >= 4 is 0 Å². The van der Waals surface area contributed by atoms with Crippen LogP contribution < -0.4 is 0 Å². The smallest absolute Gasteiger partial charge is 0.0273 e. The third kappa shape index (κ3) is 4.37. The van der Waals surface area contributed by atoms with E-state index in [9.17, 15) is 0 Å². The molecule has 2 aliphatic carbocycles. The fourth-order valence-electron chi connectivity index (χ4n) is 2.34. The molecule has 0 saturated heterocycles. The van der Waals surface area contributed by atoms with Crippen molar-refractivity contribution in [3.05, 3.63) is 71.9 Å². The van der Waals surface area contributed by atoms with Gasteiger partial charge in [0, 0.05) is 0 Å². The van der Waals surface area contributed by atoms with Crippen molar-refractivity contribution < 1.29 is 0 Å². The van der Waals surface area contributed by atoms with Crippen molar-refractivity contribution in [3.63, 3.8) is 0 Å². The van der Waals surface area contributed by atoms with E-state index in [2.05, 4.69) is 60.8 Å². The van der Waals surface area contributed by atoms with E-state index in [1.807, 2.05) is 0 Å². The van der Waals surface area contributed by atoms with Crippen LogP contribution in [0.25, 0.3) is 0 Å². The third-order valence-corrected chi connectivity index (χ3v) is 3.36. The van der Waals surface area contributed by atoms with Crippen LogP contribution in [0.1, 0.15) is 38.5 Å². The standard InChI is InChI=1S/C18H22/c1-2-6-10-14-17(13-9-5-1)18-15-11-7-3-4-8-12-16-18/h1-5,7,9,11,13,15H,6,8,10,12,14,16H2/b2-1-,4-3-,9-5-,11-7-,17-13+,18-15+. The zero-order valence-corrected chi connectivity index (χ0v) is 11.0. The van der Waals surface area contributed by atoms with Gasteiger partial charge in [0.05, 0.1) is 0 Å². The summed E-state index contributed by atoms with van der Waals surface area (Å²) in [5, 5.41) is 0. The Kier molecular flexibility index (Phi) is 5.52. The van der Waals surface area contributed by atoms with E-state index < -0.39 is 0 Å². The summed E-state index contributed by atoms with van der Waals surface area (Å²) in [7, 11) is 0. The molecule has 0 fully saturated rings. The minimum absolute atomic E-state index is 1.19. The molecule has 0 nitrogen and oxygen atoms in total. The SMILES string of the molecule is C1=C\C=C(\C2=C\C=C/C=C\CCC2)CCC\C=C/1. The molecule has 94 valence electrons. The molecule has 0 saturated carbocycles. The first kappa shape index (κ1) is 12.9. The first-order valence-corrected chi connectivity index (χ1v) is 7.02. The zero-order chi connectivity index (χ0) is 12.5. The molecule has 0 heterocycles. The maximum Gasteiger partial charge on any atom is -0.0273 e. The highest BCUT2D eigenvalue weighted by Crippen LogP contribution is 2.24. The first-order valence-electron chi connectivity index (χ1n) is 7.02. The molecule has 0 atom stereocenters. The van der Waals surface area contributed by atoms with Crippen molar-refractivity contribution in [2.24, 2.45) is 0 Å². The highest BCUT2D eigenvalue weighted by molar-refractivity contribution is 5.37. The molecule has 0 heteroatoms. The molecule has 0 N–H and O–H groups in total. The number of hydrogen-bond donors (Lipinski definition) is 0. The van der Waals surface area contributed by atoms with Gasteiger partial charge >= 0.3 is 0 Å². The van der Waals surface area contributed by atoms with Crippen molar-refractivity contribution in [1.82, 2.24) is 0 Å².